The minimum Gasteiger partial charge on any atom is -0.469 e. The third kappa shape index (κ3) is 6.34. The molecule has 182 valence electrons. The van der Waals surface area contributed by atoms with E-state index in [1.54, 1.807) is 0 Å². The first-order chi connectivity index (χ1) is 16.7. The Morgan fingerprint density at radius 1 is 1.00 bits per heavy atom. The summed E-state index contributed by atoms with van der Waals surface area (Å²) in [5, 5.41) is 0. The molecule has 4 rings (SSSR count). The number of carbonyl (C=O) groups is 2. The van der Waals surface area contributed by atoms with Crippen molar-refractivity contribution < 1.29 is 14.3 Å². The number of aryl methyl sites for hydroxylation is 2. The van der Waals surface area contributed by atoms with Crippen molar-refractivity contribution in [3.63, 3.8) is 0 Å². The van der Waals surface area contributed by atoms with Gasteiger partial charge in [-0.1, -0.05) is 106 Å². The molecule has 3 nitrogen and oxygen atoms in total. The summed E-state index contributed by atoms with van der Waals surface area (Å²) in [6.45, 7) is 4.26. The predicted octanol–water partition coefficient (Wildman–Crippen LogP) is 7.80. The zero-order chi connectivity index (χ0) is 25.2. The van der Waals surface area contributed by atoms with Gasteiger partial charge in [-0.3, -0.25) is 9.59 Å². The summed E-state index contributed by atoms with van der Waals surface area (Å²) < 4.78 is 4.87. The van der Waals surface area contributed by atoms with E-state index in [-0.39, 0.29) is 13.2 Å². The average Bonchev–Trinajstić information content (AvgIpc) is 3.23. The average molecular weight is 692 g/mol. The fourth-order valence-electron chi connectivity index (χ4n) is 4.99. The van der Waals surface area contributed by atoms with E-state index in [9.17, 15) is 9.59 Å². The van der Waals surface area contributed by atoms with Gasteiger partial charge in [-0.05, 0) is 78.0 Å². The maximum Gasteiger partial charge on any atom is 0.305 e. The zero-order valence-corrected chi connectivity index (χ0v) is 24.7. The fraction of sp³-hybridized carbons (Fsp3) is 0.333. The zero-order valence-electron chi connectivity index (χ0n) is 20.4. The molecule has 0 N–H and O–H groups in total. The van der Waals surface area contributed by atoms with Crippen molar-refractivity contribution >= 4 is 56.9 Å². The Balaban J connectivity index is 1.48. The lowest BCUT2D eigenvalue weighted by Crippen LogP contribution is -2.09. The molecule has 0 bridgehead atoms. The maximum atomic E-state index is 13.4. The quantitative estimate of drug-likeness (QED) is 0.105. The second-order valence-corrected chi connectivity index (χ2v) is 15.9. The number of ketones is 1. The van der Waals surface area contributed by atoms with Gasteiger partial charge in [0.25, 0.3) is 0 Å². The highest BCUT2D eigenvalue weighted by Gasteiger charge is 2.24. The van der Waals surface area contributed by atoms with Crippen LogP contribution >= 0.6 is 45.2 Å². The number of hydrogen-bond acceptors (Lipinski definition) is 3. The number of ether oxygens (including phenoxy) is 1. The molecule has 0 fully saturated rings. The first-order valence-electron chi connectivity index (χ1n) is 11.9. The minimum atomic E-state index is -0.144. The number of fused-ring (bicyclic) bond motifs is 1. The summed E-state index contributed by atoms with van der Waals surface area (Å²) in [4.78, 5) is 25.0. The number of Topliss-reactive ketones (excluding diaryl/α,β-unsaturated/α-hetero) is 1. The molecule has 0 heterocycles. The van der Waals surface area contributed by atoms with Gasteiger partial charge in [0.1, 0.15) is 0 Å². The Morgan fingerprint density at radius 3 is 2.40 bits per heavy atom. The first kappa shape index (κ1) is 26.3. The van der Waals surface area contributed by atoms with E-state index < -0.39 is 0 Å². The number of methoxy groups -OCH3 is 1. The summed E-state index contributed by atoms with van der Waals surface area (Å²) in [6.07, 6.45) is 3.47. The summed E-state index contributed by atoms with van der Waals surface area (Å²) in [5.74, 6) is 0.340. The van der Waals surface area contributed by atoms with E-state index >= 15 is 0 Å². The van der Waals surface area contributed by atoms with Crippen molar-refractivity contribution in [2.45, 2.75) is 47.4 Å². The normalized spacial score (nSPS) is 15.1. The number of halogens is 2. The topological polar surface area (TPSA) is 43.4 Å². The van der Waals surface area contributed by atoms with Crippen molar-refractivity contribution in [1.29, 1.82) is 0 Å². The highest BCUT2D eigenvalue weighted by molar-refractivity contribution is 14.2. The number of rotatable bonds is 8. The molecule has 0 amide bonds. The van der Waals surface area contributed by atoms with Crippen molar-refractivity contribution in [1.82, 2.24) is 0 Å². The summed E-state index contributed by atoms with van der Waals surface area (Å²) in [5.41, 5.74) is 9.08. The van der Waals surface area contributed by atoms with Crippen molar-refractivity contribution in [2.75, 3.05) is 7.11 Å². The Morgan fingerprint density at radius 2 is 1.71 bits per heavy atom. The van der Waals surface area contributed by atoms with Gasteiger partial charge < -0.3 is 4.74 Å². The van der Waals surface area contributed by atoms with Crippen molar-refractivity contribution in [3.8, 4) is 11.1 Å². The van der Waals surface area contributed by atoms with Crippen LogP contribution in [0.5, 0.6) is 0 Å². The molecule has 3 aromatic rings. The maximum absolute atomic E-state index is 13.4. The molecule has 0 spiro atoms. The first-order valence-corrected chi connectivity index (χ1v) is 14.1. The van der Waals surface area contributed by atoms with E-state index in [0.29, 0.717) is 25.2 Å². The molecule has 5 heteroatoms. The van der Waals surface area contributed by atoms with Gasteiger partial charge in [-0.2, -0.15) is 0 Å². The lowest BCUT2D eigenvalue weighted by atomic mass is 9.90. The van der Waals surface area contributed by atoms with Crippen LogP contribution in [0.4, 0.5) is 0 Å². The molecule has 1 atom stereocenters. The van der Waals surface area contributed by atoms with Crippen molar-refractivity contribution in [2.24, 2.45) is 5.92 Å². The Hall–Kier alpha value is -1.74. The second kappa shape index (κ2) is 11.1. The van der Waals surface area contributed by atoms with Gasteiger partial charge in [-0.15, -0.1) is 0 Å². The number of alkyl halides is 2. The molecular weight excluding hydrogens is 662 g/mol. The van der Waals surface area contributed by atoms with E-state index in [4.69, 9.17) is 4.74 Å². The number of esters is 1. The Bertz CT molecular complexity index is 1240. The molecule has 1 unspecified atom stereocenters. The van der Waals surface area contributed by atoms with Crippen LogP contribution in [0, 0.1) is 12.8 Å². The number of carbonyl (C=O) groups excluding carboxylic acids is 2. The SMILES string of the molecule is COC(=O)CC1Cc2ccc(CCC(=O)c3cccc(C)c3-c3ccc(C(C)(I)I)cc3)cc2C1. The molecule has 1 aliphatic rings. The molecule has 1 aliphatic carbocycles. The molecular formula is C30H30I2O3. The molecule has 0 saturated heterocycles. The van der Waals surface area contributed by atoms with E-state index in [0.717, 1.165) is 35.1 Å². The molecule has 0 saturated carbocycles. The summed E-state index contributed by atoms with van der Waals surface area (Å²) >= 11 is 4.88. The van der Waals surface area contributed by atoms with E-state index in [1.165, 1.54) is 29.4 Å². The van der Waals surface area contributed by atoms with Gasteiger partial charge in [0.2, 0.25) is 0 Å². The Kier molecular flexibility index (Phi) is 8.36. The van der Waals surface area contributed by atoms with Crippen LogP contribution in [-0.2, 0) is 30.2 Å². The second-order valence-electron chi connectivity index (χ2n) is 9.54. The number of benzene rings is 3. The van der Waals surface area contributed by atoms with Crippen LogP contribution in [0.25, 0.3) is 11.1 Å². The highest BCUT2D eigenvalue weighted by atomic mass is 127. The van der Waals surface area contributed by atoms with Crippen molar-refractivity contribution in [3.05, 3.63) is 94.0 Å². The van der Waals surface area contributed by atoms with Gasteiger partial charge in [-0.25, -0.2) is 0 Å². The third-order valence-corrected chi connectivity index (χ3v) is 8.11. The van der Waals surface area contributed by atoms with Gasteiger partial charge in [0, 0.05) is 18.4 Å². The smallest absolute Gasteiger partial charge is 0.305 e. The number of hydrogen-bond donors (Lipinski definition) is 0. The largest absolute Gasteiger partial charge is 0.469 e. The van der Waals surface area contributed by atoms with Crippen LogP contribution in [0.1, 0.15) is 57.9 Å². The lowest BCUT2D eigenvalue weighted by molar-refractivity contribution is -0.141. The van der Waals surface area contributed by atoms with Crippen LogP contribution in [0.3, 0.4) is 0 Å². The predicted molar refractivity (Wildman–Crippen MR) is 159 cm³/mol. The lowest BCUT2D eigenvalue weighted by Gasteiger charge is -2.17. The molecule has 3 aromatic carbocycles. The fourth-order valence-corrected chi connectivity index (χ4v) is 5.71. The van der Waals surface area contributed by atoms with Crippen LogP contribution in [-0.4, -0.2) is 18.9 Å². The Labute approximate surface area is 235 Å². The van der Waals surface area contributed by atoms with Gasteiger partial charge >= 0.3 is 5.97 Å². The van der Waals surface area contributed by atoms with Crippen LogP contribution in [0.2, 0.25) is 0 Å². The molecule has 0 radical (unpaired) electrons. The minimum absolute atomic E-state index is 0.0353. The standard InChI is InChI=1S/C30H30I2O3/c1-19-5-4-6-26(29(19)22-10-12-25(13-11-22)30(2,31)32)27(33)14-8-20-7-9-23-16-21(17-24(23)15-20)18-28(34)35-3/h4-7,9-13,15,21H,8,14,16-18H2,1-3H3. The van der Waals surface area contributed by atoms with E-state index in [1.807, 2.05) is 12.1 Å². The van der Waals surface area contributed by atoms with Gasteiger partial charge in [0.15, 0.2) is 5.78 Å². The molecule has 35 heavy (non-hydrogen) atoms. The van der Waals surface area contributed by atoms with Crippen LogP contribution < -0.4 is 0 Å². The monoisotopic (exact) mass is 692 g/mol. The molecule has 0 aliphatic heterocycles. The summed E-state index contributed by atoms with van der Waals surface area (Å²) in [7, 11) is 1.44. The third-order valence-electron chi connectivity index (χ3n) is 6.87. The van der Waals surface area contributed by atoms with Crippen LogP contribution in [0.15, 0.2) is 60.7 Å². The molecule has 0 aromatic heterocycles. The summed E-state index contributed by atoms with van der Waals surface area (Å²) in [6, 6.07) is 21.1. The highest BCUT2D eigenvalue weighted by Crippen LogP contribution is 2.39. The van der Waals surface area contributed by atoms with E-state index in [2.05, 4.69) is 108 Å². The van der Waals surface area contributed by atoms with Gasteiger partial charge in [0.05, 0.1) is 8.54 Å².